The van der Waals surface area contributed by atoms with Crippen molar-refractivity contribution in [2.45, 2.75) is 37.5 Å². The summed E-state index contributed by atoms with van der Waals surface area (Å²) in [5.74, 6) is 0.183. The van der Waals surface area contributed by atoms with E-state index in [9.17, 15) is 4.79 Å². The van der Waals surface area contributed by atoms with Gasteiger partial charge in [-0.25, -0.2) is 4.98 Å². The maximum Gasteiger partial charge on any atom is 0.228 e. The van der Waals surface area contributed by atoms with Crippen LogP contribution in [0.3, 0.4) is 0 Å². The monoisotopic (exact) mass is 390 g/mol. The second-order valence-electron chi connectivity index (χ2n) is 5.78. The second kappa shape index (κ2) is 8.83. The van der Waals surface area contributed by atoms with Crippen LogP contribution in [0.4, 0.5) is 5.13 Å². The molecule has 0 N–H and O–H groups in total. The number of anilines is 1. The number of thiophene rings is 1. The fraction of sp³-hybridized carbons (Fsp3) is 0.368. The first-order valence-electron chi connectivity index (χ1n) is 8.49. The number of para-hydroxylation sites is 1. The van der Waals surface area contributed by atoms with Crippen molar-refractivity contribution in [3.8, 4) is 0 Å². The van der Waals surface area contributed by atoms with E-state index in [0.717, 1.165) is 34.6 Å². The van der Waals surface area contributed by atoms with Crippen molar-refractivity contribution in [1.82, 2.24) is 4.98 Å². The Morgan fingerprint density at radius 3 is 2.88 bits per heavy atom. The Balaban J connectivity index is 1.88. The van der Waals surface area contributed by atoms with Crippen molar-refractivity contribution in [2.24, 2.45) is 0 Å². The summed E-state index contributed by atoms with van der Waals surface area (Å²) in [4.78, 5) is 22.0. The van der Waals surface area contributed by atoms with Crippen LogP contribution in [-0.2, 0) is 11.2 Å². The van der Waals surface area contributed by atoms with Crippen LogP contribution in [0.25, 0.3) is 10.2 Å². The molecule has 3 rings (SSSR count). The predicted molar refractivity (Wildman–Crippen MR) is 111 cm³/mol. The van der Waals surface area contributed by atoms with Gasteiger partial charge in [-0.15, -0.1) is 23.1 Å². The molecule has 0 unspecified atom stereocenters. The van der Waals surface area contributed by atoms with E-state index < -0.39 is 0 Å². The molecular formula is C19H22N2OS3. The molecular weight excluding hydrogens is 368 g/mol. The van der Waals surface area contributed by atoms with E-state index in [1.165, 1.54) is 9.77 Å². The van der Waals surface area contributed by atoms with Crippen LogP contribution >= 0.6 is 34.4 Å². The Bertz CT molecular complexity index is 826. The number of fused-ring (bicyclic) bond motifs is 1. The largest absolute Gasteiger partial charge is 0.288 e. The van der Waals surface area contributed by atoms with Crippen molar-refractivity contribution >= 4 is 55.7 Å². The third-order valence-corrected chi connectivity index (χ3v) is 6.78. The minimum absolute atomic E-state index is 0.183. The van der Waals surface area contributed by atoms with Gasteiger partial charge in [-0.3, -0.25) is 9.69 Å². The maximum absolute atomic E-state index is 12.8. The van der Waals surface area contributed by atoms with E-state index in [1.807, 2.05) is 4.90 Å². The number of carbonyl (C=O) groups is 1. The number of unbranched alkanes of at least 4 members (excludes halogenated alkanes) is 1. The molecule has 0 saturated heterocycles. The maximum atomic E-state index is 12.8. The number of thioether (sulfide) groups is 1. The number of thiazole rings is 1. The lowest BCUT2D eigenvalue weighted by molar-refractivity contribution is -0.118. The van der Waals surface area contributed by atoms with E-state index in [1.54, 1.807) is 34.4 Å². The highest BCUT2D eigenvalue weighted by atomic mass is 32.2. The van der Waals surface area contributed by atoms with Crippen molar-refractivity contribution in [3.63, 3.8) is 0 Å². The number of hydrogen-bond donors (Lipinski definition) is 0. The summed E-state index contributed by atoms with van der Waals surface area (Å²) < 4.78 is 1.14. The molecule has 0 fully saturated rings. The molecule has 3 aromatic rings. The quantitative estimate of drug-likeness (QED) is 0.453. The first kappa shape index (κ1) is 18.4. The van der Waals surface area contributed by atoms with Gasteiger partial charge in [0.15, 0.2) is 5.13 Å². The van der Waals surface area contributed by atoms with E-state index in [-0.39, 0.29) is 5.91 Å². The van der Waals surface area contributed by atoms with Gasteiger partial charge in [-0.1, -0.05) is 36.8 Å². The summed E-state index contributed by atoms with van der Waals surface area (Å²) in [6, 6.07) is 10.4. The van der Waals surface area contributed by atoms with Gasteiger partial charge in [-0.05, 0) is 42.7 Å². The smallest absolute Gasteiger partial charge is 0.228 e. The molecule has 0 atom stereocenters. The zero-order valence-corrected chi connectivity index (χ0v) is 17.0. The Morgan fingerprint density at radius 2 is 2.16 bits per heavy atom. The standard InChI is InChI=1S/C19H22N2OS3/c1-3-4-10-17(22)21(12-11-14-7-6-13-24-14)19-20-18-15(23-2)8-5-9-16(18)25-19/h5-9,13H,3-4,10-12H2,1-2H3. The molecule has 2 heterocycles. The molecule has 25 heavy (non-hydrogen) atoms. The fourth-order valence-corrected chi connectivity index (χ4v) is 5.02. The summed E-state index contributed by atoms with van der Waals surface area (Å²) in [5.41, 5.74) is 1.01. The first-order valence-corrected chi connectivity index (χ1v) is 11.4. The number of aromatic nitrogens is 1. The van der Waals surface area contributed by atoms with Crippen LogP contribution in [0.2, 0.25) is 0 Å². The van der Waals surface area contributed by atoms with Crippen LogP contribution in [0, 0.1) is 0 Å². The molecule has 0 spiro atoms. The van der Waals surface area contributed by atoms with Gasteiger partial charge in [0, 0.05) is 22.7 Å². The predicted octanol–water partition coefficient (Wildman–Crippen LogP) is 5.85. The number of hydrogen-bond acceptors (Lipinski definition) is 5. The highest BCUT2D eigenvalue weighted by Gasteiger charge is 2.20. The van der Waals surface area contributed by atoms with Gasteiger partial charge in [0.1, 0.15) is 0 Å². The number of rotatable bonds is 8. The number of amides is 1. The molecule has 1 aromatic carbocycles. The Morgan fingerprint density at radius 1 is 1.28 bits per heavy atom. The Hall–Kier alpha value is -1.37. The summed E-state index contributed by atoms with van der Waals surface area (Å²) in [7, 11) is 0. The topological polar surface area (TPSA) is 33.2 Å². The molecule has 3 nitrogen and oxygen atoms in total. The van der Waals surface area contributed by atoms with Gasteiger partial charge < -0.3 is 0 Å². The van der Waals surface area contributed by atoms with Crippen molar-refractivity contribution in [3.05, 3.63) is 40.6 Å². The molecule has 6 heteroatoms. The SMILES string of the molecule is CCCCC(=O)N(CCc1cccs1)c1nc2c(SC)cccc2s1. The highest BCUT2D eigenvalue weighted by Crippen LogP contribution is 2.34. The average Bonchev–Trinajstić information content (AvgIpc) is 3.29. The second-order valence-corrected chi connectivity index (χ2v) is 8.67. The van der Waals surface area contributed by atoms with Crippen molar-refractivity contribution in [1.29, 1.82) is 0 Å². The van der Waals surface area contributed by atoms with Gasteiger partial charge >= 0.3 is 0 Å². The fourth-order valence-electron chi connectivity index (χ4n) is 2.66. The Labute approximate surface area is 161 Å². The highest BCUT2D eigenvalue weighted by molar-refractivity contribution is 7.98. The van der Waals surface area contributed by atoms with Gasteiger partial charge in [-0.2, -0.15) is 0 Å². The molecule has 0 radical (unpaired) electrons. The lowest BCUT2D eigenvalue weighted by Gasteiger charge is -2.19. The van der Waals surface area contributed by atoms with Crippen LogP contribution in [0.5, 0.6) is 0 Å². The van der Waals surface area contributed by atoms with Crippen LogP contribution in [-0.4, -0.2) is 23.7 Å². The normalized spacial score (nSPS) is 11.1. The van der Waals surface area contributed by atoms with E-state index in [2.05, 4.69) is 48.9 Å². The van der Waals surface area contributed by atoms with E-state index in [4.69, 9.17) is 4.98 Å². The zero-order chi connectivity index (χ0) is 17.6. The number of nitrogens with zero attached hydrogens (tertiary/aromatic N) is 2. The Kier molecular flexibility index (Phi) is 6.51. The van der Waals surface area contributed by atoms with Crippen LogP contribution in [0.15, 0.2) is 40.6 Å². The third kappa shape index (κ3) is 4.43. The number of benzene rings is 1. The summed E-state index contributed by atoms with van der Waals surface area (Å²) in [5, 5.41) is 2.91. The van der Waals surface area contributed by atoms with Gasteiger partial charge in [0.25, 0.3) is 0 Å². The average molecular weight is 391 g/mol. The molecule has 0 aliphatic carbocycles. The van der Waals surface area contributed by atoms with Gasteiger partial charge in [0.2, 0.25) is 5.91 Å². The molecule has 132 valence electrons. The molecule has 0 saturated carbocycles. The summed E-state index contributed by atoms with van der Waals surface area (Å²) >= 11 is 5.06. The van der Waals surface area contributed by atoms with Crippen molar-refractivity contribution in [2.75, 3.05) is 17.7 Å². The molecule has 0 aliphatic rings. The lowest BCUT2D eigenvalue weighted by atomic mass is 10.2. The zero-order valence-electron chi connectivity index (χ0n) is 14.5. The summed E-state index contributed by atoms with van der Waals surface area (Å²) in [6.45, 7) is 2.81. The van der Waals surface area contributed by atoms with E-state index in [0.29, 0.717) is 13.0 Å². The minimum atomic E-state index is 0.183. The summed E-state index contributed by atoms with van der Waals surface area (Å²) in [6.07, 6.45) is 5.48. The molecule has 0 bridgehead atoms. The lowest BCUT2D eigenvalue weighted by Crippen LogP contribution is -2.32. The van der Waals surface area contributed by atoms with E-state index >= 15 is 0 Å². The third-order valence-electron chi connectivity index (χ3n) is 4.03. The van der Waals surface area contributed by atoms with Crippen LogP contribution < -0.4 is 4.90 Å². The van der Waals surface area contributed by atoms with Gasteiger partial charge in [0.05, 0.1) is 10.2 Å². The first-order chi connectivity index (χ1) is 12.2. The minimum Gasteiger partial charge on any atom is -0.288 e. The molecule has 1 amide bonds. The van der Waals surface area contributed by atoms with Crippen molar-refractivity contribution < 1.29 is 4.79 Å². The molecule has 2 aromatic heterocycles. The molecule has 0 aliphatic heterocycles. The number of carbonyl (C=O) groups excluding carboxylic acids is 1. The van der Waals surface area contributed by atoms with Crippen LogP contribution in [0.1, 0.15) is 31.1 Å².